The maximum Gasteiger partial charge on any atom is 0.339 e. The molecule has 0 bridgehead atoms. The normalized spacial score (nSPS) is 11.0. The first-order valence-corrected chi connectivity index (χ1v) is 7.54. The second-order valence-corrected chi connectivity index (χ2v) is 5.98. The highest BCUT2D eigenvalue weighted by atomic mass is 32.2. The van der Waals surface area contributed by atoms with Gasteiger partial charge in [-0.2, -0.15) is 8.42 Å². The molecular weight excluding hydrogens is 292 g/mol. The van der Waals surface area contributed by atoms with E-state index in [1.54, 1.807) is 24.3 Å². The van der Waals surface area contributed by atoms with E-state index in [-0.39, 0.29) is 10.6 Å². The van der Waals surface area contributed by atoms with E-state index in [2.05, 4.69) is 14.4 Å². The molecule has 7 heteroatoms. The zero-order valence-corrected chi connectivity index (χ0v) is 12.3. The van der Waals surface area contributed by atoms with Crippen LogP contribution in [-0.2, 0) is 14.8 Å². The maximum absolute atomic E-state index is 12.1. The van der Waals surface area contributed by atoms with Crippen molar-refractivity contribution in [1.29, 1.82) is 0 Å². The molecule has 0 saturated heterocycles. The summed E-state index contributed by atoms with van der Waals surface area (Å²) in [6, 6.07) is 9.52. The molecule has 0 aliphatic carbocycles. The lowest BCUT2D eigenvalue weighted by molar-refractivity contribution is 0.0600. The van der Waals surface area contributed by atoms with Crippen molar-refractivity contribution < 1.29 is 17.9 Å². The van der Waals surface area contributed by atoms with Gasteiger partial charge in [-0.05, 0) is 31.2 Å². The quantitative estimate of drug-likeness (QED) is 0.873. The Morgan fingerprint density at radius 3 is 2.33 bits per heavy atom. The molecule has 1 N–H and O–H groups in total. The van der Waals surface area contributed by atoms with E-state index in [9.17, 15) is 13.2 Å². The molecule has 6 nitrogen and oxygen atoms in total. The van der Waals surface area contributed by atoms with Crippen LogP contribution in [0.25, 0.3) is 0 Å². The van der Waals surface area contributed by atoms with E-state index in [0.717, 1.165) is 11.8 Å². The number of aromatic nitrogens is 1. The number of carbonyl (C=O) groups excluding carboxylic acids is 1. The van der Waals surface area contributed by atoms with Crippen molar-refractivity contribution >= 4 is 21.7 Å². The van der Waals surface area contributed by atoms with Gasteiger partial charge in [-0.3, -0.25) is 4.72 Å². The van der Waals surface area contributed by atoms with Gasteiger partial charge in [-0.1, -0.05) is 17.7 Å². The summed E-state index contributed by atoms with van der Waals surface area (Å²) in [5.74, 6) is -0.571. The van der Waals surface area contributed by atoms with Crippen LogP contribution in [-0.4, -0.2) is 26.5 Å². The summed E-state index contributed by atoms with van der Waals surface area (Å²) in [4.78, 5) is 15.1. The predicted molar refractivity (Wildman–Crippen MR) is 77.6 cm³/mol. The number of ether oxygens (including phenoxy) is 1. The first-order valence-electron chi connectivity index (χ1n) is 6.06. The molecule has 1 heterocycles. The Morgan fingerprint density at radius 2 is 1.81 bits per heavy atom. The molecule has 0 saturated carbocycles. The number of rotatable bonds is 4. The smallest absolute Gasteiger partial charge is 0.339 e. The van der Waals surface area contributed by atoms with E-state index >= 15 is 0 Å². The summed E-state index contributed by atoms with van der Waals surface area (Å²) in [5, 5.41) is -0.171. The first-order chi connectivity index (χ1) is 9.92. The average Bonchev–Trinajstić information content (AvgIpc) is 2.49. The van der Waals surface area contributed by atoms with E-state index in [1.165, 1.54) is 19.2 Å². The molecule has 0 aliphatic heterocycles. The van der Waals surface area contributed by atoms with Crippen molar-refractivity contribution in [1.82, 2.24) is 4.98 Å². The van der Waals surface area contributed by atoms with Gasteiger partial charge in [-0.15, -0.1) is 0 Å². The lowest BCUT2D eigenvalue weighted by atomic mass is 10.2. The third-order valence-corrected chi connectivity index (χ3v) is 4.03. The molecule has 1 aromatic carbocycles. The van der Waals surface area contributed by atoms with Crippen molar-refractivity contribution in [2.45, 2.75) is 11.9 Å². The number of nitrogens with one attached hydrogen (secondary N) is 1. The van der Waals surface area contributed by atoms with Gasteiger partial charge >= 0.3 is 5.97 Å². The van der Waals surface area contributed by atoms with Crippen molar-refractivity contribution in [3.63, 3.8) is 0 Å². The second kappa shape index (κ2) is 5.92. The van der Waals surface area contributed by atoms with Crippen LogP contribution in [0.4, 0.5) is 5.69 Å². The van der Waals surface area contributed by atoms with Crippen LogP contribution in [0.15, 0.2) is 47.6 Å². The van der Waals surface area contributed by atoms with Gasteiger partial charge in [0.15, 0.2) is 5.03 Å². The van der Waals surface area contributed by atoms with Gasteiger partial charge in [0.2, 0.25) is 0 Å². The fourth-order valence-corrected chi connectivity index (χ4v) is 2.60. The van der Waals surface area contributed by atoms with E-state index < -0.39 is 16.0 Å². The minimum absolute atomic E-state index is 0.171. The molecule has 2 aromatic rings. The zero-order chi connectivity index (χ0) is 15.5. The number of methoxy groups -OCH3 is 1. The minimum Gasteiger partial charge on any atom is -0.465 e. The molecule has 1 aromatic heterocycles. The predicted octanol–water partition coefficient (Wildman–Crippen LogP) is 1.98. The Bertz CT molecular complexity index is 738. The number of pyridine rings is 1. The third-order valence-electron chi connectivity index (χ3n) is 2.74. The number of hydrogen-bond donors (Lipinski definition) is 1. The summed E-state index contributed by atoms with van der Waals surface area (Å²) in [5.41, 5.74) is 1.66. The molecule has 0 fully saturated rings. The average molecular weight is 306 g/mol. The van der Waals surface area contributed by atoms with Crippen LogP contribution in [0, 0.1) is 6.92 Å². The van der Waals surface area contributed by atoms with Crippen LogP contribution in [0.3, 0.4) is 0 Å². The first kappa shape index (κ1) is 15.0. The molecule has 0 aliphatic rings. The Kier molecular flexibility index (Phi) is 4.23. The Morgan fingerprint density at radius 1 is 1.14 bits per heavy atom. The van der Waals surface area contributed by atoms with Crippen LogP contribution < -0.4 is 4.72 Å². The van der Waals surface area contributed by atoms with E-state index in [4.69, 9.17) is 0 Å². The molecular formula is C14H14N2O4S. The van der Waals surface area contributed by atoms with Crippen molar-refractivity contribution in [2.75, 3.05) is 11.8 Å². The molecule has 0 amide bonds. The number of esters is 1. The van der Waals surface area contributed by atoms with Crippen LogP contribution in [0.5, 0.6) is 0 Å². The van der Waals surface area contributed by atoms with E-state index in [1.807, 2.05) is 6.92 Å². The van der Waals surface area contributed by atoms with Gasteiger partial charge in [0, 0.05) is 11.9 Å². The molecule has 110 valence electrons. The molecule has 0 radical (unpaired) electrons. The Balaban J connectivity index is 2.23. The number of benzene rings is 1. The number of sulfonamides is 1. The topological polar surface area (TPSA) is 85.4 Å². The number of nitrogens with zero attached hydrogens (tertiary/aromatic N) is 1. The van der Waals surface area contributed by atoms with Crippen molar-refractivity contribution in [2.24, 2.45) is 0 Å². The number of hydrogen-bond acceptors (Lipinski definition) is 5. The van der Waals surface area contributed by atoms with Crippen LogP contribution in [0.2, 0.25) is 0 Å². The fraction of sp³-hybridized carbons (Fsp3) is 0.143. The zero-order valence-electron chi connectivity index (χ0n) is 11.5. The minimum atomic E-state index is -3.79. The SMILES string of the molecule is COC(=O)c1ccc(S(=O)(=O)Nc2ccc(C)cc2)nc1. The molecule has 0 spiro atoms. The van der Waals surface area contributed by atoms with Gasteiger partial charge in [0.05, 0.1) is 12.7 Å². The van der Waals surface area contributed by atoms with Crippen LogP contribution in [0.1, 0.15) is 15.9 Å². The molecule has 2 rings (SSSR count). The summed E-state index contributed by atoms with van der Waals surface area (Å²) < 4.78 is 31.2. The molecule has 0 unspecified atom stereocenters. The largest absolute Gasteiger partial charge is 0.465 e. The lowest BCUT2D eigenvalue weighted by Gasteiger charge is -2.08. The Labute approximate surface area is 122 Å². The molecule has 21 heavy (non-hydrogen) atoms. The number of aryl methyl sites for hydroxylation is 1. The summed E-state index contributed by atoms with van der Waals surface area (Å²) in [6.07, 6.45) is 1.16. The standard InChI is InChI=1S/C14H14N2O4S/c1-10-3-6-12(7-4-10)16-21(18,19)13-8-5-11(9-15-13)14(17)20-2/h3-9,16H,1-2H3. The van der Waals surface area contributed by atoms with Gasteiger partial charge in [-0.25, -0.2) is 9.78 Å². The number of anilines is 1. The van der Waals surface area contributed by atoms with Crippen molar-refractivity contribution in [3.05, 3.63) is 53.7 Å². The summed E-state index contributed by atoms with van der Waals surface area (Å²) in [7, 11) is -2.55. The maximum atomic E-state index is 12.1. The van der Waals surface area contributed by atoms with Crippen LogP contribution >= 0.6 is 0 Å². The highest BCUT2D eigenvalue weighted by Gasteiger charge is 2.17. The highest BCUT2D eigenvalue weighted by molar-refractivity contribution is 7.92. The summed E-state index contributed by atoms with van der Waals surface area (Å²) >= 11 is 0. The summed E-state index contributed by atoms with van der Waals surface area (Å²) in [6.45, 7) is 1.91. The van der Waals surface area contributed by atoms with Crippen molar-refractivity contribution in [3.8, 4) is 0 Å². The monoisotopic (exact) mass is 306 g/mol. The van der Waals surface area contributed by atoms with Gasteiger partial charge < -0.3 is 4.74 Å². The highest BCUT2D eigenvalue weighted by Crippen LogP contribution is 2.15. The lowest BCUT2D eigenvalue weighted by Crippen LogP contribution is -2.15. The Hall–Kier alpha value is -2.41. The second-order valence-electron chi connectivity index (χ2n) is 4.35. The van der Waals surface area contributed by atoms with Gasteiger partial charge in [0.25, 0.3) is 10.0 Å². The molecule has 0 atom stereocenters. The fourth-order valence-electron chi connectivity index (χ4n) is 1.61. The van der Waals surface area contributed by atoms with E-state index in [0.29, 0.717) is 5.69 Å². The van der Waals surface area contributed by atoms with Gasteiger partial charge in [0.1, 0.15) is 0 Å². The number of carbonyl (C=O) groups is 1. The third kappa shape index (κ3) is 3.57.